The molecule has 0 atom stereocenters. The number of amides is 1. The molecule has 1 amide bonds. The first kappa shape index (κ1) is 15.9. The van der Waals surface area contributed by atoms with Crippen molar-refractivity contribution in [2.45, 2.75) is 13.8 Å². The van der Waals surface area contributed by atoms with E-state index < -0.39 is 0 Å². The molecule has 2 aromatic rings. The standard InChI is InChI=1S/C18H22N2O2/c1-14-5-3-7-16(11-14)20-13-18(21)19-9-10-22-17-8-4-6-15(2)12-17/h3-8,11-12,20H,9-10,13H2,1-2H3,(H,19,21). The maximum Gasteiger partial charge on any atom is 0.239 e. The predicted molar refractivity (Wildman–Crippen MR) is 89.4 cm³/mol. The zero-order valence-electron chi connectivity index (χ0n) is 13.1. The summed E-state index contributed by atoms with van der Waals surface area (Å²) in [5.41, 5.74) is 3.27. The molecular weight excluding hydrogens is 276 g/mol. The number of carbonyl (C=O) groups excluding carboxylic acids is 1. The molecule has 0 bridgehead atoms. The SMILES string of the molecule is Cc1cccc(NCC(=O)NCCOc2cccc(C)c2)c1. The fourth-order valence-corrected chi connectivity index (χ4v) is 2.06. The van der Waals surface area contributed by atoms with Gasteiger partial charge < -0.3 is 15.4 Å². The molecule has 2 rings (SSSR count). The van der Waals surface area contributed by atoms with Crippen LogP contribution in [0.5, 0.6) is 5.75 Å². The molecule has 0 aromatic heterocycles. The van der Waals surface area contributed by atoms with Gasteiger partial charge in [-0.2, -0.15) is 0 Å². The van der Waals surface area contributed by atoms with E-state index in [1.807, 2.05) is 62.4 Å². The van der Waals surface area contributed by atoms with Gasteiger partial charge in [-0.05, 0) is 49.2 Å². The zero-order valence-corrected chi connectivity index (χ0v) is 13.1. The van der Waals surface area contributed by atoms with Crippen LogP contribution in [-0.4, -0.2) is 25.6 Å². The van der Waals surface area contributed by atoms with Crippen LogP contribution < -0.4 is 15.4 Å². The van der Waals surface area contributed by atoms with Gasteiger partial charge in [-0.15, -0.1) is 0 Å². The van der Waals surface area contributed by atoms with Crippen LogP contribution in [-0.2, 0) is 4.79 Å². The van der Waals surface area contributed by atoms with Crippen molar-refractivity contribution in [3.8, 4) is 5.75 Å². The summed E-state index contributed by atoms with van der Waals surface area (Å²) < 4.78 is 5.58. The molecule has 22 heavy (non-hydrogen) atoms. The molecule has 0 radical (unpaired) electrons. The highest BCUT2D eigenvalue weighted by Gasteiger charge is 2.01. The molecule has 2 N–H and O–H groups in total. The highest BCUT2D eigenvalue weighted by Crippen LogP contribution is 2.11. The van der Waals surface area contributed by atoms with Crippen LogP contribution in [0.4, 0.5) is 5.69 Å². The van der Waals surface area contributed by atoms with Crippen molar-refractivity contribution >= 4 is 11.6 Å². The molecular formula is C18H22N2O2. The molecule has 0 aliphatic rings. The number of nitrogens with one attached hydrogen (secondary N) is 2. The van der Waals surface area contributed by atoms with Gasteiger partial charge >= 0.3 is 0 Å². The fraction of sp³-hybridized carbons (Fsp3) is 0.278. The fourth-order valence-electron chi connectivity index (χ4n) is 2.06. The molecule has 4 nitrogen and oxygen atoms in total. The van der Waals surface area contributed by atoms with Gasteiger partial charge in [0, 0.05) is 5.69 Å². The van der Waals surface area contributed by atoms with E-state index in [2.05, 4.69) is 10.6 Å². The van der Waals surface area contributed by atoms with Crippen molar-refractivity contribution in [3.63, 3.8) is 0 Å². The van der Waals surface area contributed by atoms with E-state index in [-0.39, 0.29) is 12.5 Å². The summed E-state index contributed by atoms with van der Waals surface area (Å²) in [4.78, 5) is 11.7. The van der Waals surface area contributed by atoms with Gasteiger partial charge in [0.25, 0.3) is 0 Å². The third-order valence-electron chi connectivity index (χ3n) is 3.15. The Morgan fingerprint density at radius 1 is 1.05 bits per heavy atom. The van der Waals surface area contributed by atoms with Gasteiger partial charge in [-0.3, -0.25) is 4.79 Å². The lowest BCUT2D eigenvalue weighted by Crippen LogP contribution is -2.33. The van der Waals surface area contributed by atoms with E-state index in [0.717, 1.165) is 22.6 Å². The number of anilines is 1. The van der Waals surface area contributed by atoms with Crippen molar-refractivity contribution in [2.75, 3.05) is 25.0 Å². The highest BCUT2D eigenvalue weighted by molar-refractivity contribution is 5.80. The second kappa shape index (κ2) is 8.08. The maximum absolute atomic E-state index is 11.7. The number of hydrogen-bond donors (Lipinski definition) is 2. The second-order valence-corrected chi connectivity index (χ2v) is 5.24. The van der Waals surface area contributed by atoms with Gasteiger partial charge in [0.2, 0.25) is 5.91 Å². The Bertz CT molecular complexity index is 626. The molecule has 0 aliphatic carbocycles. The van der Waals surface area contributed by atoms with Crippen molar-refractivity contribution in [1.82, 2.24) is 5.32 Å². The first-order valence-electron chi connectivity index (χ1n) is 7.40. The Hall–Kier alpha value is -2.49. The summed E-state index contributed by atoms with van der Waals surface area (Å²) in [6.45, 7) is 5.25. The molecule has 0 saturated heterocycles. The molecule has 0 heterocycles. The van der Waals surface area contributed by atoms with Crippen LogP contribution in [0.25, 0.3) is 0 Å². The van der Waals surface area contributed by atoms with Gasteiger partial charge in [-0.1, -0.05) is 24.3 Å². The molecule has 0 fully saturated rings. The number of carbonyl (C=O) groups is 1. The maximum atomic E-state index is 11.7. The van der Waals surface area contributed by atoms with Crippen molar-refractivity contribution < 1.29 is 9.53 Å². The summed E-state index contributed by atoms with van der Waals surface area (Å²) in [7, 11) is 0. The molecule has 0 spiro atoms. The minimum atomic E-state index is -0.0469. The van der Waals surface area contributed by atoms with Crippen LogP contribution in [0.15, 0.2) is 48.5 Å². The monoisotopic (exact) mass is 298 g/mol. The lowest BCUT2D eigenvalue weighted by Gasteiger charge is -2.10. The molecule has 116 valence electrons. The third kappa shape index (κ3) is 5.48. The van der Waals surface area contributed by atoms with Crippen LogP contribution in [0.2, 0.25) is 0 Å². The number of rotatable bonds is 7. The van der Waals surface area contributed by atoms with E-state index in [0.29, 0.717) is 13.2 Å². The minimum absolute atomic E-state index is 0.0469. The molecule has 2 aromatic carbocycles. The van der Waals surface area contributed by atoms with Crippen molar-refractivity contribution in [2.24, 2.45) is 0 Å². The summed E-state index contributed by atoms with van der Waals surface area (Å²) in [6.07, 6.45) is 0. The number of hydrogen-bond acceptors (Lipinski definition) is 3. The summed E-state index contributed by atoms with van der Waals surface area (Å²) >= 11 is 0. The lowest BCUT2D eigenvalue weighted by molar-refractivity contribution is -0.119. The van der Waals surface area contributed by atoms with E-state index in [1.54, 1.807) is 0 Å². The summed E-state index contributed by atoms with van der Waals surface area (Å²) in [6, 6.07) is 15.8. The Kier molecular flexibility index (Phi) is 5.83. The smallest absolute Gasteiger partial charge is 0.239 e. The quantitative estimate of drug-likeness (QED) is 0.773. The summed E-state index contributed by atoms with van der Waals surface area (Å²) in [5.74, 6) is 0.779. The van der Waals surface area contributed by atoms with Crippen molar-refractivity contribution in [1.29, 1.82) is 0 Å². The molecule has 0 aliphatic heterocycles. The number of benzene rings is 2. The van der Waals surface area contributed by atoms with Gasteiger partial charge in [0.1, 0.15) is 12.4 Å². The number of aryl methyl sites for hydroxylation is 2. The minimum Gasteiger partial charge on any atom is -0.492 e. The van der Waals surface area contributed by atoms with Crippen LogP contribution in [0, 0.1) is 13.8 Å². The van der Waals surface area contributed by atoms with Gasteiger partial charge in [0.15, 0.2) is 0 Å². The van der Waals surface area contributed by atoms with Crippen molar-refractivity contribution in [3.05, 3.63) is 59.7 Å². The molecule has 4 heteroatoms. The largest absolute Gasteiger partial charge is 0.492 e. The van der Waals surface area contributed by atoms with Crippen LogP contribution in [0.3, 0.4) is 0 Å². The third-order valence-corrected chi connectivity index (χ3v) is 3.15. The van der Waals surface area contributed by atoms with Crippen LogP contribution in [0.1, 0.15) is 11.1 Å². The zero-order chi connectivity index (χ0) is 15.8. The first-order chi connectivity index (χ1) is 10.6. The topological polar surface area (TPSA) is 50.4 Å². The summed E-state index contributed by atoms with van der Waals surface area (Å²) in [5, 5.41) is 5.92. The van der Waals surface area contributed by atoms with Gasteiger partial charge in [-0.25, -0.2) is 0 Å². The lowest BCUT2D eigenvalue weighted by atomic mass is 10.2. The second-order valence-electron chi connectivity index (χ2n) is 5.24. The van der Waals surface area contributed by atoms with Crippen LogP contribution >= 0.6 is 0 Å². The van der Waals surface area contributed by atoms with E-state index in [1.165, 1.54) is 0 Å². The Balaban J connectivity index is 1.63. The van der Waals surface area contributed by atoms with E-state index in [9.17, 15) is 4.79 Å². The first-order valence-corrected chi connectivity index (χ1v) is 7.40. The average molecular weight is 298 g/mol. The van der Waals surface area contributed by atoms with E-state index >= 15 is 0 Å². The highest BCUT2D eigenvalue weighted by atomic mass is 16.5. The van der Waals surface area contributed by atoms with Gasteiger partial charge in [0.05, 0.1) is 13.1 Å². The molecule has 0 unspecified atom stereocenters. The number of ether oxygens (including phenoxy) is 1. The Morgan fingerprint density at radius 2 is 1.77 bits per heavy atom. The molecule has 0 saturated carbocycles. The normalized spacial score (nSPS) is 10.1. The van der Waals surface area contributed by atoms with E-state index in [4.69, 9.17) is 4.74 Å². The predicted octanol–water partition coefficient (Wildman–Crippen LogP) is 2.91. The Morgan fingerprint density at radius 3 is 2.50 bits per heavy atom. The Labute approximate surface area is 131 Å². The average Bonchev–Trinajstić information content (AvgIpc) is 2.50.